The van der Waals surface area contributed by atoms with E-state index in [0.717, 1.165) is 19.5 Å². The van der Waals surface area contributed by atoms with Crippen LogP contribution in [-0.4, -0.2) is 48.3 Å². The van der Waals surface area contributed by atoms with Gasteiger partial charge in [-0.3, -0.25) is 4.90 Å². The smallest absolute Gasteiger partial charge is 0.341 e. The van der Waals surface area contributed by atoms with Crippen LogP contribution in [0.4, 0.5) is 0 Å². The molecule has 0 radical (unpaired) electrons. The van der Waals surface area contributed by atoms with Crippen LogP contribution in [0.1, 0.15) is 51.4 Å². The number of benzene rings is 1. The zero-order chi connectivity index (χ0) is 18.1. The highest BCUT2D eigenvalue weighted by atomic mass is 16.5. The molecule has 5 heteroatoms. The van der Waals surface area contributed by atoms with Crippen molar-refractivity contribution in [3.8, 4) is 11.5 Å². The third kappa shape index (κ3) is 6.04. The van der Waals surface area contributed by atoms with Gasteiger partial charge in [-0.25, -0.2) is 4.79 Å². The quantitative estimate of drug-likeness (QED) is 0.660. The highest BCUT2D eigenvalue weighted by Crippen LogP contribution is 2.25. The molecule has 0 heterocycles. The average molecular weight is 337 g/mol. The predicted octanol–water partition coefficient (Wildman–Crippen LogP) is 3.70. The van der Waals surface area contributed by atoms with E-state index in [1.54, 1.807) is 0 Å². The third-order valence-electron chi connectivity index (χ3n) is 3.96. The lowest BCUT2D eigenvalue weighted by Crippen LogP contribution is -2.40. The summed E-state index contributed by atoms with van der Waals surface area (Å²) in [5.74, 6) is 0.530. The van der Waals surface area contributed by atoms with Crippen molar-refractivity contribution in [2.45, 2.75) is 47.1 Å². The Balaban J connectivity index is 2.81. The van der Waals surface area contributed by atoms with Crippen molar-refractivity contribution in [2.75, 3.05) is 26.3 Å². The van der Waals surface area contributed by atoms with Gasteiger partial charge >= 0.3 is 5.97 Å². The monoisotopic (exact) mass is 337 g/mol. The van der Waals surface area contributed by atoms with Gasteiger partial charge in [-0.15, -0.1) is 0 Å². The predicted molar refractivity (Wildman–Crippen MR) is 95.7 cm³/mol. The van der Waals surface area contributed by atoms with E-state index in [-0.39, 0.29) is 11.8 Å². The molecule has 136 valence electrons. The maximum atomic E-state index is 12.4. The first-order valence-corrected chi connectivity index (χ1v) is 8.79. The molecule has 0 saturated heterocycles. The largest absolute Gasteiger partial charge is 0.508 e. The lowest BCUT2D eigenvalue weighted by molar-refractivity contribution is 0.0327. The second-order valence-electron chi connectivity index (χ2n) is 6.22. The normalized spacial score (nSPS) is 12.5. The zero-order valence-electron chi connectivity index (χ0n) is 15.5. The topological polar surface area (TPSA) is 59.0 Å². The fourth-order valence-electron chi connectivity index (χ4n) is 2.81. The summed E-state index contributed by atoms with van der Waals surface area (Å²) in [5.41, 5.74) is 0.345. The summed E-state index contributed by atoms with van der Waals surface area (Å²) in [5, 5.41) is 9.56. The van der Waals surface area contributed by atoms with Gasteiger partial charge in [0, 0.05) is 12.1 Å². The highest BCUT2D eigenvalue weighted by Gasteiger charge is 2.21. The molecule has 24 heavy (non-hydrogen) atoms. The molecule has 0 aromatic heterocycles. The first kappa shape index (κ1) is 20.3. The van der Waals surface area contributed by atoms with Gasteiger partial charge in [-0.1, -0.05) is 27.7 Å². The van der Waals surface area contributed by atoms with Crippen LogP contribution < -0.4 is 4.74 Å². The summed E-state index contributed by atoms with van der Waals surface area (Å²) in [6, 6.07) is 4.65. The van der Waals surface area contributed by atoms with Crippen LogP contribution in [0.2, 0.25) is 0 Å². The Morgan fingerprint density at radius 2 is 1.88 bits per heavy atom. The summed E-state index contributed by atoms with van der Waals surface area (Å²) in [6.07, 6.45) is 0.975. The molecule has 0 spiro atoms. The fraction of sp³-hybridized carbons (Fsp3) is 0.632. The number of hydrogen-bond donors (Lipinski definition) is 1. The Hall–Kier alpha value is -1.75. The van der Waals surface area contributed by atoms with Crippen molar-refractivity contribution < 1.29 is 19.4 Å². The number of likely N-dealkylation sites (N-methyl/N-ethyl adjacent to an activating group) is 1. The number of rotatable bonds is 10. The molecule has 1 atom stereocenters. The van der Waals surface area contributed by atoms with Crippen molar-refractivity contribution in [1.29, 1.82) is 0 Å². The number of carbonyl (C=O) groups excluding carboxylic acids is 1. The SMILES string of the molecule is CCOc1cc(O)ccc1C(=O)OC[C@H](CC(C)C)N(CC)CC. The Morgan fingerprint density at radius 1 is 1.21 bits per heavy atom. The van der Waals surface area contributed by atoms with Crippen LogP contribution in [0.25, 0.3) is 0 Å². The maximum Gasteiger partial charge on any atom is 0.341 e. The van der Waals surface area contributed by atoms with E-state index in [0.29, 0.717) is 30.4 Å². The molecule has 1 aromatic rings. The molecule has 1 aromatic carbocycles. The number of phenols is 1. The second-order valence-corrected chi connectivity index (χ2v) is 6.22. The Morgan fingerprint density at radius 3 is 2.42 bits per heavy atom. The number of carbonyl (C=O) groups is 1. The molecule has 0 bridgehead atoms. The number of nitrogens with zero attached hydrogens (tertiary/aromatic N) is 1. The van der Waals surface area contributed by atoms with Gasteiger partial charge in [-0.2, -0.15) is 0 Å². The molecule has 0 fully saturated rings. The minimum absolute atomic E-state index is 0.0656. The third-order valence-corrected chi connectivity index (χ3v) is 3.96. The molecule has 0 saturated carbocycles. The average Bonchev–Trinajstić information content (AvgIpc) is 2.53. The number of phenolic OH excluding ortho intramolecular Hbond substituents is 1. The van der Waals surface area contributed by atoms with Crippen LogP contribution >= 0.6 is 0 Å². The van der Waals surface area contributed by atoms with Crippen LogP contribution in [-0.2, 0) is 4.74 Å². The van der Waals surface area contributed by atoms with Crippen LogP contribution in [0.15, 0.2) is 18.2 Å². The van der Waals surface area contributed by atoms with Gasteiger partial charge in [-0.05, 0) is 44.5 Å². The molecule has 0 aliphatic heterocycles. The Labute approximate surface area is 145 Å². The van der Waals surface area contributed by atoms with E-state index in [1.165, 1.54) is 18.2 Å². The van der Waals surface area contributed by atoms with E-state index < -0.39 is 5.97 Å². The number of aromatic hydroxyl groups is 1. The second kappa shape index (κ2) is 10.2. The minimum atomic E-state index is -0.417. The molecular formula is C19H31NO4. The van der Waals surface area contributed by atoms with Gasteiger partial charge < -0.3 is 14.6 Å². The van der Waals surface area contributed by atoms with Crippen molar-refractivity contribution in [1.82, 2.24) is 4.90 Å². The number of ether oxygens (including phenoxy) is 2. The molecule has 0 unspecified atom stereocenters. The summed E-state index contributed by atoms with van der Waals surface area (Å²) in [7, 11) is 0. The maximum absolute atomic E-state index is 12.4. The van der Waals surface area contributed by atoms with Crippen LogP contribution in [0.5, 0.6) is 11.5 Å². The number of hydrogen-bond acceptors (Lipinski definition) is 5. The first-order valence-electron chi connectivity index (χ1n) is 8.79. The van der Waals surface area contributed by atoms with E-state index in [9.17, 15) is 9.90 Å². The fourth-order valence-corrected chi connectivity index (χ4v) is 2.81. The van der Waals surface area contributed by atoms with Crippen molar-refractivity contribution in [3.05, 3.63) is 23.8 Å². The first-order chi connectivity index (χ1) is 11.4. The van der Waals surface area contributed by atoms with E-state index in [2.05, 4.69) is 32.6 Å². The van der Waals surface area contributed by atoms with Gasteiger partial charge in [0.2, 0.25) is 0 Å². The summed E-state index contributed by atoms with van der Waals surface area (Å²) < 4.78 is 11.0. The molecule has 1 rings (SSSR count). The van der Waals surface area contributed by atoms with E-state index in [1.807, 2.05) is 6.92 Å². The van der Waals surface area contributed by atoms with E-state index >= 15 is 0 Å². The molecule has 5 nitrogen and oxygen atoms in total. The highest BCUT2D eigenvalue weighted by molar-refractivity contribution is 5.92. The lowest BCUT2D eigenvalue weighted by atomic mass is 10.0. The van der Waals surface area contributed by atoms with Gasteiger partial charge in [0.05, 0.1) is 6.61 Å². The summed E-state index contributed by atoms with van der Waals surface area (Å²) in [4.78, 5) is 14.8. The van der Waals surface area contributed by atoms with Crippen molar-refractivity contribution >= 4 is 5.97 Å². The molecular weight excluding hydrogens is 306 g/mol. The molecule has 1 N–H and O–H groups in total. The minimum Gasteiger partial charge on any atom is -0.508 e. The zero-order valence-corrected chi connectivity index (χ0v) is 15.5. The standard InChI is InChI=1S/C19H31NO4/c1-6-20(7-2)15(11-14(4)5)13-24-19(22)17-10-9-16(21)12-18(17)23-8-3/h9-10,12,14-15,21H,6-8,11,13H2,1-5H3/t15-/m0/s1. The van der Waals surface area contributed by atoms with Crippen LogP contribution in [0.3, 0.4) is 0 Å². The summed E-state index contributed by atoms with van der Waals surface area (Å²) in [6.45, 7) is 13.0. The summed E-state index contributed by atoms with van der Waals surface area (Å²) >= 11 is 0. The van der Waals surface area contributed by atoms with Crippen molar-refractivity contribution in [2.24, 2.45) is 5.92 Å². The number of esters is 1. The molecule has 0 aliphatic rings. The lowest BCUT2D eigenvalue weighted by Gasteiger charge is -2.30. The van der Waals surface area contributed by atoms with Gasteiger partial charge in [0.1, 0.15) is 23.7 Å². The van der Waals surface area contributed by atoms with Gasteiger partial charge in [0.25, 0.3) is 0 Å². The van der Waals surface area contributed by atoms with E-state index in [4.69, 9.17) is 9.47 Å². The Bertz CT molecular complexity index is 512. The van der Waals surface area contributed by atoms with Crippen LogP contribution in [0, 0.1) is 5.92 Å². The molecule has 0 amide bonds. The Kier molecular flexibility index (Phi) is 8.61. The van der Waals surface area contributed by atoms with Gasteiger partial charge in [0.15, 0.2) is 0 Å². The molecule has 0 aliphatic carbocycles. The van der Waals surface area contributed by atoms with Crippen molar-refractivity contribution in [3.63, 3.8) is 0 Å².